The molecule has 0 spiro atoms. The van der Waals surface area contributed by atoms with Gasteiger partial charge in [0.2, 0.25) is 0 Å². The maximum Gasteiger partial charge on any atom is 0.312 e. The molecule has 1 aromatic carbocycles. The lowest BCUT2D eigenvalue weighted by Crippen LogP contribution is -2.37. The third-order valence-electron chi connectivity index (χ3n) is 2.91. The van der Waals surface area contributed by atoms with Crippen LogP contribution in [-0.2, 0) is 11.2 Å². The lowest BCUT2D eigenvalue weighted by molar-refractivity contribution is -0.139. The number of phenols is 1. The fourth-order valence-corrected chi connectivity index (χ4v) is 2.14. The molecule has 1 aliphatic carbocycles. The molecule has 0 aromatic heterocycles. The van der Waals surface area contributed by atoms with E-state index < -0.39 is 11.9 Å². The molecule has 0 bridgehead atoms. The van der Waals surface area contributed by atoms with E-state index in [9.17, 15) is 9.90 Å². The lowest BCUT2D eigenvalue weighted by Gasteiger charge is -2.28. The minimum absolute atomic E-state index is 0.0918. The summed E-state index contributed by atoms with van der Waals surface area (Å²) in [5.41, 5.74) is 7.41. The van der Waals surface area contributed by atoms with Crippen molar-refractivity contribution in [1.82, 2.24) is 0 Å². The number of carbonyl (C=O) groups is 1. The van der Waals surface area contributed by atoms with E-state index in [1.54, 1.807) is 12.1 Å². The number of fused-ring (bicyclic) bond motifs is 1. The number of hydrogen-bond donors (Lipinski definition) is 3. The number of aryl methyl sites for hydroxylation is 1. The molecule has 4 heteroatoms. The molecule has 0 heterocycles. The van der Waals surface area contributed by atoms with Crippen LogP contribution in [-0.4, -0.2) is 22.2 Å². The molecule has 0 fully saturated rings. The Morgan fingerprint density at radius 1 is 1.47 bits per heavy atom. The van der Waals surface area contributed by atoms with Gasteiger partial charge in [0.15, 0.2) is 0 Å². The van der Waals surface area contributed by atoms with Crippen molar-refractivity contribution < 1.29 is 15.0 Å². The molecule has 4 N–H and O–H groups in total. The normalized spacial score (nSPS) is 24.6. The highest BCUT2D eigenvalue weighted by molar-refractivity contribution is 5.78. The Kier molecular flexibility index (Phi) is 2.36. The summed E-state index contributed by atoms with van der Waals surface area (Å²) in [6, 6.07) is 4.49. The van der Waals surface area contributed by atoms with Crippen LogP contribution in [0.25, 0.3) is 0 Å². The molecule has 2 atom stereocenters. The molecular formula is C11H13NO3. The van der Waals surface area contributed by atoms with Crippen molar-refractivity contribution in [2.75, 3.05) is 0 Å². The molecule has 0 radical (unpaired) electrons. The van der Waals surface area contributed by atoms with E-state index in [1.807, 2.05) is 0 Å². The monoisotopic (exact) mass is 207 g/mol. The van der Waals surface area contributed by atoms with Gasteiger partial charge in [-0.25, -0.2) is 0 Å². The molecule has 4 nitrogen and oxygen atoms in total. The van der Waals surface area contributed by atoms with Crippen LogP contribution in [0.3, 0.4) is 0 Å². The van der Waals surface area contributed by atoms with Crippen LogP contribution in [0.1, 0.15) is 23.5 Å². The number of carboxylic acid groups (broad SMARTS) is 1. The molecule has 80 valence electrons. The van der Waals surface area contributed by atoms with E-state index >= 15 is 0 Å². The Bertz CT molecular complexity index is 403. The van der Waals surface area contributed by atoms with E-state index in [4.69, 9.17) is 10.8 Å². The largest absolute Gasteiger partial charge is 0.508 e. The Morgan fingerprint density at radius 3 is 2.87 bits per heavy atom. The van der Waals surface area contributed by atoms with Gasteiger partial charge in [-0.05, 0) is 36.1 Å². The van der Waals surface area contributed by atoms with Crippen molar-refractivity contribution in [3.63, 3.8) is 0 Å². The first-order chi connectivity index (χ1) is 7.09. The second-order valence-corrected chi connectivity index (χ2v) is 3.90. The zero-order chi connectivity index (χ0) is 11.0. The van der Waals surface area contributed by atoms with E-state index in [0.29, 0.717) is 12.0 Å². The summed E-state index contributed by atoms with van der Waals surface area (Å²) in [6.07, 6.45) is 1.45. The van der Waals surface area contributed by atoms with Crippen LogP contribution in [0.4, 0.5) is 0 Å². The smallest absolute Gasteiger partial charge is 0.312 e. The van der Waals surface area contributed by atoms with Crippen molar-refractivity contribution >= 4 is 5.97 Å². The SMILES string of the molecule is NC1CCc2ccc(O)cc2C1C(=O)O. The fraction of sp³-hybridized carbons (Fsp3) is 0.364. The van der Waals surface area contributed by atoms with Gasteiger partial charge in [0.1, 0.15) is 5.75 Å². The molecule has 0 aliphatic heterocycles. The van der Waals surface area contributed by atoms with Gasteiger partial charge >= 0.3 is 5.97 Å². The van der Waals surface area contributed by atoms with Crippen molar-refractivity contribution in [2.45, 2.75) is 24.8 Å². The summed E-state index contributed by atoms with van der Waals surface area (Å²) in [5.74, 6) is -1.52. The van der Waals surface area contributed by atoms with Gasteiger partial charge in [-0.15, -0.1) is 0 Å². The lowest BCUT2D eigenvalue weighted by atomic mass is 9.79. The zero-order valence-corrected chi connectivity index (χ0v) is 8.18. The van der Waals surface area contributed by atoms with Crippen molar-refractivity contribution in [3.05, 3.63) is 29.3 Å². The number of benzene rings is 1. The highest BCUT2D eigenvalue weighted by Gasteiger charge is 2.32. The van der Waals surface area contributed by atoms with E-state index in [2.05, 4.69) is 0 Å². The Hall–Kier alpha value is -1.55. The summed E-state index contributed by atoms with van der Waals surface area (Å²) in [5, 5.41) is 18.4. The van der Waals surface area contributed by atoms with E-state index in [0.717, 1.165) is 12.0 Å². The molecular weight excluding hydrogens is 194 g/mol. The van der Waals surface area contributed by atoms with Crippen LogP contribution in [0.15, 0.2) is 18.2 Å². The molecule has 1 aromatic rings. The number of nitrogens with two attached hydrogens (primary N) is 1. The molecule has 0 amide bonds. The van der Waals surface area contributed by atoms with Crippen LogP contribution in [0, 0.1) is 0 Å². The van der Waals surface area contributed by atoms with Gasteiger partial charge in [-0.2, -0.15) is 0 Å². The maximum absolute atomic E-state index is 11.1. The predicted octanol–water partition coefficient (Wildman–Crippen LogP) is 0.834. The summed E-state index contributed by atoms with van der Waals surface area (Å²) in [6.45, 7) is 0. The molecule has 0 saturated heterocycles. The first-order valence-electron chi connectivity index (χ1n) is 4.90. The standard InChI is InChI=1S/C11H13NO3/c12-9-4-2-6-1-3-7(13)5-8(6)10(9)11(14)15/h1,3,5,9-10,13H,2,4,12H2,(H,14,15). The second-order valence-electron chi connectivity index (χ2n) is 3.90. The number of phenolic OH excluding ortho intramolecular Hbond substituents is 1. The molecule has 2 unspecified atom stereocenters. The topological polar surface area (TPSA) is 83.5 Å². The van der Waals surface area contributed by atoms with Gasteiger partial charge in [-0.1, -0.05) is 6.07 Å². The van der Waals surface area contributed by atoms with Crippen LogP contribution < -0.4 is 5.73 Å². The number of aromatic hydroxyl groups is 1. The van der Waals surface area contributed by atoms with Gasteiger partial charge in [0.05, 0.1) is 5.92 Å². The first-order valence-corrected chi connectivity index (χ1v) is 4.90. The third-order valence-corrected chi connectivity index (χ3v) is 2.91. The van der Waals surface area contributed by atoms with E-state index in [1.165, 1.54) is 6.07 Å². The van der Waals surface area contributed by atoms with Gasteiger partial charge in [-0.3, -0.25) is 4.79 Å². The second kappa shape index (κ2) is 3.55. The molecule has 2 rings (SSSR count). The van der Waals surface area contributed by atoms with E-state index in [-0.39, 0.29) is 11.8 Å². The number of rotatable bonds is 1. The Balaban J connectivity index is 2.50. The number of hydrogen-bond acceptors (Lipinski definition) is 3. The van der Waals surface area contributed by atoms with Crippen molar-refractivity contribution in [1.29, 1.82) is 0 Å². The summed E-state index contributed by atoms with van der Waals surface area (Å²) >= 11 is 0. The highest BCUT2D eigenvalue weighted by Crippen LogP contribution is 2.33. The Morgan fingerprint density at radius 2 is 2.20 bits per heavy atom. The van der Waals surface area contributed by atoms with Crippen LogP contribution >= 0.6 is 0 Å². The third kappa shape index (κ3) is 1.68. The molecule has 1 aliphatic rings. The quantitative estimate of drug-likeness (QED) is 0.637. The highest BCUT2D eigenvalue weighted by atomic mass is 16.4. The zero-order valence-electron chi connectivity index (χ0n) is 8.18. The van der Waals surface area contributed by atoms with Crippen molar-refractivity contribution in [3.8, 4) is 5.75 Å². The van der Waals surface area contributed by atoms with Gasteiger partial charge < -0.3 is 15.9 Å². The number of carboxylic acids is 1. The van der Waals surface area contributed by atoms with Crippen LogP contribution in [0.5, 0.6) is 5.75 Å². The summed E-state index contributed by atoms with van der Waals surface area (Å²) in [7, 11) is 0. The van der Waals surface area contributed by atoms with Gasteiger partial charge in [0.25, 0.3) is 0 Å². The summed E-state index contributed by atoms with van der Waals surface area (Å²) in [4.78, 5) is 11.1. The summed E-state index contributed by atoms with van der Waals surface area (Å²) < 4.78 is 0. The average molecular weight is 207 g/mol. The molecule has 15 heavy (non-hydrogen) atoms. The maximum atomic E-state index is 11.1. The molecule has 0 saturated carbocycles. The fourth-order valence-electron chi connectivity index (χ4n) is 2.14. The minimum atomic E-state index is -0.922. The average Bonchev–Trinajstić information content (AvgIpc) is 2.16. The Labute approximate surface area is 87.3 Å². The minimum Gasteiger partial charge on any atom is -0.508 e. The number of aliphatic carboxylic acids is 1. The van der Waals surface area contributed by atoms with Crippen molar-refractivity contribution in [2.24, 2.45) is 5.73 Å². The van der Waals surface area contributed by atoms with Crippen LogP contribution in [0.2, 0.25) is 0 Å². The first kappa shape index (κ1) is 9.98. The van der Waals surface area contributed by atoms with Gasteiger partial charge in [0, 0.05) is 6.04 Å². The predicted molar refractivity (Wildman–Crippen MR) is 54.8 cm³/mol.